The summed E-state index contributed by atoms with van der Waals surface area (Å²) >= 11 is 0. The van der Waals surface area contributed by atoms with E-state index in [1.165, 1.54) is 110 Å². The minimum atomic E-state index is -0.0592. The van der Waals surface area contributed by atoms with Crippen LogP contribution in [0.3, 0.4) is 0 Å². The van der Waals surface area contributed by atoms with Crippen LogP contribution in [0.4, 0.5) is 0 Å². The Morgan fingerprint density at radius 1 is 0.255 bits per heavy atom. The first-order chi connectivity index (χ1) is 27.0. The second-order valence-corrected chi connectivity index (χ2v) is 15.8. The molecule has 0 saturated heterocycles. The van der Waals surface area contributed by atoms with Gasteiger partial charge in [0.2, 0.25) is 0 Å². The van der Waals surface area contributed by atoms with Gasteiger partial charge >= 0.3 is 0 Å². The minimum Gasteiger partial charge on any atom is -0.0619 e. The molecule has 0 unspecified atom stereocenters. The Morgan fingerprint density at radius 2 is 0.673 bits per heavy atom. The summed E-state index contributed by atoms with van der Waals surface area (Å²) in [5.41, 5.74) is 15.4. The van der Waals surface area contributed by atoms with Crippen molar-refractivity contribution < 1.29 is 0 Å². The van der Waals surface area contributed by atoms with Gasteiger partial charge in [0.25, 0.3) is 0 Å². The van der Waals surface area contributed by atoms with Crippen molar-refractivity contribution in [2.45, 2.75) is 19.3 Å². The van der Waals surface area contributed by atoms with Crippen LogP contribution in [0.1, 0.15) is 25.0 Å². The van der Waals surface area contributed by atoms with Crippen molar-refractivity contribution in [2.24, 2.45) is 0 Å². The first-order valence-corrected chi connectivity index (χ1v) is 19.3. The zero-order chi connectivity index (χ0) is 36.7. The highest BCUT2D eigenvalue weighted by molar-refractivity contribution is 6.11. The van der Waals surface area contributed by atoms with E-state index in [4.69, 9.17) is 0 Å². The fraction of sp³-hybridized carbons (Fsp3) is 0.0545. The van der Waals surface area contributed by atoms with E-state index in [1.807, 2.05) is 0 Å². The Balaban J connectivity index is 1.08. The highest BCUT2D eigenvalue weighted by Crippen LogP contribution is 2.50. The Bertz CT molecular complexity index is 3160. The fourth-order valence-corrected chi connectivity index (χ4v) is 9.22. The van der Waals surface area contributed by atoms with Crippen molar-refractivity contribution in [3.8, 4) is 55.6 Å². The number of rotatable bonds is 4. The number of hydrogen-bond donors (Lipinski definition) is 0. The normalized spacial score (nSPS) is 13.1. The maximum atomic E-state index is 2.45. The second-order valence-electron chi connectivity index (χ2n) is 15.8. The molecule has 0 aliphatic heterocycles. The van der Waals surface area contributed by atoms with Crippen molar-refractivity contribution in [3.05, 3.63) is 205 Å². The van der Waals surface area contributed by atoms with Crippen molar-refractivity contribution in [2.75, 3.05) is 0 Å². The predicted molar refractivity (Wildman–Crippen MR) is 236 cm³/mol. The molecular formula is C55H38. The average molecular weight is 699 g/mol. The maximum absolute atomic E-state index is 2.45. The van der Waals surface area contributed by atoms with Gasteiger partial charge in [-0.1, -0.05) is 172 Å². The highest BCUT2D eigenvalue weighted by Gasteiger charge is 2.35. The van der Waals surface area contributed by atoms with E-state index in [0.717, 1.165) is 0 Å². The summed E-state index contributed by atoms with van der Waals surface area (Å²) < 4.78 is 0. The van der Waals surface area contributed by atoms with Gasteiger partial charge in [0, 0.05) is 5.41 Å². The van der Waals surface area contributed by atoms with Crippen LogP contribution in [0, 0.1) is 0 Å². The SMILES string of the molecule is CC1(C)c2ccccc2-c2ccc(-c3ccc(-c4ccc(-c5ccc6ccccc6c5)cc4)c4cc5cc(-c6ccc7ccccc7c6)ccc5cc34)cc21. The Kier molecular flexibility index (Phi) is 7.00. The third-order valence-electron chi connectivity index (χ3n) is 12.2. The summed E-state index contributed by atoms with van der Waals surface area (Å²) in [6, 6.07) is 72.4. The van der Waals surface area contributed by atoms with Gasteiger partial charge in [-0.3, -0.25) is 0 Å². The molecule has 0 heteroatoms. The van der Waals surface area contributed by atoms with Gasteiger partial charge in [0.15, 0.2) is 0 Å². The molecule has 0 heterocycles. The summed E-state index contributed by atoms with van der Waals surface area (Å²) in [6.07, 6.45) is 0. The minimum absolute atomic E-state index is 0.0592. The van der Waals surface area contributed by atoms with Gasteiger partial charge in [-0.15, -0.1) is 0 Å². The summed E-state index contributed by atoms with van der Waals surface area (Å²) in [7, 11) is 0. The van der Waals surface area contributed by atoms with Crippen molar-refractivity contribution in [3.63, 3.8) is 0 Å². The molecule has 0 atom stereocenters. The average Bonchev–Trinajstić information content (AvgIpc) is 3.47. The molecular weight excluding hydrogens is 661 g/mol. The van der Waals surface area contributed by atoms with Crippen LogP contribution in [0.2, 0.25) is 0 Å². The van der Waals surface area contributed by atoms with E-state index in [0.29, 0.717) is 0 Å². The van der Waals surface area contributed by atoms with Crippen LogP contribution in [0.25, 0.3) is 98.7 Å². The Labute approximate surface area is 322 Å². The van der Waals surface area contributed by atoms with Crippen molar-refractivity contribution in [1.29, 1.82) is 0 Å². The first-order valence-electron chi connectivity index (χ1n) is 19.3. The van der Waals surface area contributed by atoms with Crippen LogP contribution in [-0.4, -0.2) is 0 Å². The molecule has 0 bridgehead atoms. The van der Waals surface area contributed by atoms with E-state index >= 15 is 0 Å². The number of fused-ring (bicyclic) bond motifs is 7. The standard InChI is InChI=1S/C55H38/c1-55(2)53-14-8-7-13-49(53)50-26-25-45(34-54(50)55)48-28-27-47(38-19-15-37(16-20-38)41-21-17-35-9-3-5-11-39(35)29-41)52-33-46-31-43(23-24-44(46)32-51(48)52)42-22-18-36-10-4-6-12-40(36)30-42/h3-34H,1-2H3. The van der Waals surface area contributed by atoms with E-state index < -0.39 is 0 Å². The molecule has 1 aliphatic rings. The van der Waals surface area contributed by atoms with Gasteiger partial charge in [-0.25, -0.2) is 0 Å². The summed E-state index contributed by atoms with van der Waals surface area (Å²) in [5.74, 6) is 0. The lowest BCUT2D eigenvalue weighted by Gasteiger charge is -2.22. The molecule has 11 rings (SSSR count). The van der Waals surface area contributed by atoms with Crippen LogP contribution < -0.4 is 0 Å². The maximum Gasteiger partial charge on any atom is 0.0159 e. The van der Waals surface area contributed by atoms with E-state index in [9.17, 15) is 0 Å². The lowest BCUT2D eigenvalue weighted by atomic mass is 9.81. The van der Waals surface area contributed by atoms with Crippen LogP contribution in [0.5, 0.6) is 0 Å². The molecule has 0 N–H and O–H groups in total. The van der Waals surface area contributed by atoms with E-state index in [1.54, 1.807) is 0 Å². The molecule has 1 aliphatic carbocycles. The van der Waals surface area contributed by atoms with Crippen molar-refractivity contribution >= 4 is 43.1 Å². The lowest BCUT2D eigenvalue weighted by molar-refractivity contribution is 0.660. The van der Waals surface area contributed by atoms with Gasteiger partial charge in [0.1, 0.15) is 0 Å². The number of hydrogen-bond acceptors (Lipinski definition) is 0. The van der Waals surface area contributed by atoms with Gasteiger partial charge < -0.3 is 0 Å². The molecule has 258 valence electrons. The molecule has 10 aromatic carbocycles. The molecule has 55 heavy (non-hydrogen) atoms. The molecule has 0 spiro atoms. The summed E-state index contributed by atoms with van der Waals surface area (Å²) in [4.78, 5) is 0. The zero-order valence-corrected chi connectivity index (χ0v) is 31.0. The monoisotopic (exact) mass is 698 g/mol. The zero-order valence-electron chi connectivity index (χ0n) is 31.0. The van der Waals surface area contributed by atoms with Gasteiger partial charge in [-0.05, 0) is 146 Å². The predicted octanol–water partition coefficient (Wildman–Crippen LogP) is 15.3. The molecule has 0 radical (unpaired) electrons. The van der Waals surface area contributed by atoms with Gasteiger partial charge in [-0.2, -0.15) is 0 Å². The fourth-order valence-electron chi connectivity index (χ4n) is 9.22. The largest absolute Gasteiger partial charge is 0.0619 e. The summed E-state index contributed by atoms with van der Waals surface area (Å²) in [5, 5.41) is 10.1. The Morgan fingerprint density at radius 3 is 1.35 bits per heavy atom. The molecule has 0 amide bonds. The highest BCUT2D eigenvalue weighted by atomic mass is 14.4. The second kappa shape index (κ2) is 12.1. The molecule has 0 saturated carbocycles. The van der Waals surface area contributed by atoms with Crippen LogP contribution in [0.15, 0.2) is 194 Å². The smallest absolute Gasteiger partial charge is 0.0159 e. The van der Waals surface area contributed by atoms with Gasteiger partial charge in [0.05, 0.1) is 0 Å². The summed E-state index contributed by atoms with van der Waals surface area (Å²) in [6.45, 7) is 4.73. The molecule has 0 fully saturated rings. The Hall–Kier alpha value is -6.76. The topological polar surface area (TPSA) is 0 Å². The van der Waals surface area contributed by atoms with Crippen molar-refractivity contribution in [1.82, 2.24) is 0 Å². The molecule has 0 aromatic heterocycles. The lowest BCUT2D eigenvalue weighted by Crippen LogP contribution is -2.14. The quantitative estimate of drug-likeness (QED) is 0.161. The molecule has 10 aromatic rings. The first kappa shape index (κ1) is 31.7. The molecule has 0 nitrogen and oxygen atoms in total. The van der Waals surface area contributed by atoms with E-state index in [-0.39, 0.29) is 5.41 Å². The van der Waals surface area contributed by atoms with E-state index in [2.05, 4.69) is 208 Å². The van der Waals surface area contributed by atoms with Crippen LogP contribution in [-0.2, 0) is 5.41 Å². The number of benzene rings is 10. The third-order valence-corrected chi connectivity index (χ3v) is 12.2. The van der Waals surface area contributed by atoms with Crippen LogP contribution >= 0.6 is 0 Å². The third kappa shape index (κ3) is 5.13.